The molecule has 1 aromatic heterocycles. The summed E-state index contributed by atoms with van der Waals surface area (Å²) in [5.74, 6) is 0.110. The molecule has 2 aliphatic heterocycles. The van der Waals surface area contributed by atoms with Crippen LogP contribution in [-0.4, -0.2) is 67.1 Å². The molecule has 2 aliphatic rings. The zero-order chi connectivity index (χ0) is 30.0. The van der Waals surface area contributed by atoms with Gasteiger partial charge in [0.1, 0.15) is 5.82 Å². The molecule has 0 unspecified atom stereocenters. The molecule has 3 aromatic carbocycles. The molecular weight excluding hydrogens is 565 g/mol. The molecule has 2 saturated heterocycles. The molecule has 2 fully saturated rings. The van der Waals surface area contributed by atoms with Crippen LogP contribution >= 0.6 is 0 Å². The van der Waals surface area contributed by atoms with E-state index in [1.54, 1.807) is 30.5 Å². The van der Waals surface area contributed by atoms with Crippen molar-refractivity contribution in [1.29, 1.82) is 0 Å². The molecule has 224 valence electrons. The summed E-state index contributed by atoms with van der Waals surface area (Å²) in [6.07, 6.45) is 4.29. The first kappa shape index (κ1) is 29.2. The third-order valence-electron chi connectivity index (χ3n) is 8.74. The molecule has 1 N–H and O–H groups in total. The summed E-state index contributed by atoms with van der Waals surface area (Å²) in [4.78, 5) is 18.5. The van der Waals surface area contributed by atoms with Gasteiger partial charge in [-0.1, -0.05) is 42.5 Å². The van der Waals surface area contributed by atoms with Gasteiger partial charge in [0.2, 0.25) is 10.0 Å². The Bertz CT molecular complexity index is 1670. The van der Waals surface area contributed by atoms with Gasteiger partial charge in [-0.05, 0) is 86.9 Å². The van der Waals surface area contributed by atoms with E-state index in [0.717, 1.165) is 49.3 Å². The van der Waals surface area contributed by atoms with E-state index in [1.807, 2.05) is 39.9 Å². The monoisotopic (exact) mass is 601 g/mol. The number of carbonyl (C=O) groups is 1. The summed E-state index contributed by atoms with van der Waals surface area (Å²) < 4.78 is 42.1. The number of aromatic nitrogens is 2. The molecule has 8 nitrogen and oxygen atoms in total. The first-order valence-corrected chi connectivity index (χ1v) is 16.2. The van der Waals surface area contributed by atoms with E-state index < -0.39 is 10.0 Å². The maximum Gasteiger partial charge on any atom is 0.257 e. The van der Waals surface area contributed by atoms with Gasteiger partial charge in [0, 0.05) is 31.5 Å². The Morgan fingerprint density at radius 1 is 0.907 bits per heavy atom. The van der Waals surface area contributed by atoms with Gasteiger partial charge in [-0.2, -0.15) is 5.10 Å². The van der Waals surface area contributed by atoms with Crippen molar-refractivity contribution in [3.8, 4) is 5.69 Å². The first-order valence-electron chi connectivity index (χ1n) is 14.8. The zero-order valence-electron chi connectivity index (χ0n) is 24.2. The molecule has 1 atom stereocenters. The van der Waals surface area contributed by atoms with Gasteiger partial charge in [0.05, 0.1) is 28.0 Å². The fourth-order valence-corrected chi connectivity index (χ4v) is 7.06. The summed E-state index contributed by atoms with van der Waals surface area (Å²) in [5, 5.41) is 4.66. The highest BCUT2D eigenvalue weighted by atomic mass is 32.2. The van der Waals surface area contributed by atoms with Crippen LogP contribution in [0.5, 0.6) is 0 Å². The van der Waals surface area contributed by atoms with Crippen molar-refractivity contribution in [2.75, 3.05) is 33.2 Å². The Kier molecular flexibility index (Phi) is 8.43. The third-order valence-corrected chi connectivity index (χ3v) is 10.2. The van der Waals surface area contributed by atoms with Crippen LogP contribution in [0, 0.1) is 5.82 Å². The second-order valence-corrected chi connectivity index (χ2v) is 13.3. The molecule has 6 rings (SSSR count). The number of amides is 1. The van der Waals surface area contributed by atoms with Crippen molar-refractivity contribution in [3.05, 3.63) is 113 Å². The van der Waals surface area contributed by atoms with Gasteiger partial charge >= 0.3 is 0 Å². The van der Waals surface area contributed by atoms with Crippen molar-refractivity contribution < 1.29 is 17.6 Å². The van der Waals surface area contributed by atoms with E-state index >= 15 is 0 Å². The maximum absolute atomic E-state index is 14.0. The van der Waals surface area contributed by atoms with Crippen LogP contribution in [-0.2, 0) is 16.6 Å². The maximum atomic E-state index is 14.0. The van der Waals surface area contributed by atoms with E-state index in [4.69, 9.17) is 0 Å². The van der Waals surface area contributed by atoms with E-state index in [9.17, 15) is 17.6 Å². The number of piperidine rings is 1. The second-order valence-electron chi connectivity index (χ2n) is 11.4. The minimum atomic E-state index is -3.47. The normalized spacial score (nSPS) is 18.3. The molecule has 10 heteroatoms. The molecule has 3 heterocycles. The van der Waals surface area contributed by atoms with Gasteiger partial charge in [-0.25, -0.2) is 22.2 Å². The lowest BCUT2D eigenvalue weighted by molar-refractivity contribution is 0.0788. The van der Waals surface area contributed by atoms with Crippen LogP contribution in [0.15, 0.2) is 90.0 Å². The van der Waals surface area contributed by atoms with Gasteiger partial charge in [-0.15, -0.1) is 0 Å². The standard InChI is InChI=1S/C33H36FN5O3S/c1-35-43(41,42)30-13-7-24(8-14-30)22-37-18-15-26(16-19-37)32-31(21-36-39(32)29-11-9-28(34)10-12-29)33(40)38-20-17-27(23-38)25-5-3-2-4-6-25/h2-14,21,26-27,35H,15-20,22-23H2,1H3/t27-/m0/s1. The minimum Gasteiger partial charge on any atom is -0.338 e. The quantitative estimate of drug-likeness (QED) is 0.310. The van der Waals surface area contributed by atoms with Crippen molar-refractivity contribution in [2.45, 2.75) is 42.5 Å². The fourth-order valence-electron chi connectivity index (χ4n) is 6.33. The van der Waals surface area contributed by atoms with Crippen molar-refractivity contribution in [1.82, 2.24) is 24.3 Å². The largest absolute Gasteiger partial charge is 0.338 e. The highest BCUT2D eigenvalue weighted by Gasteiger charge is 2.34. The van der Waals surface area contributed by atoms with Crippen LogP contribution in [0.2, 0.25) is 0 Å². The van der Waals surface area contributed by atoms with Crippen molar-refractivity contribution in [3.63, 3.8) is 0 Å². The second kappa shape index (κ2) is 12.4. The predicted octanol–water partition coefficient (Wildman–Crippen LogP) is 4.93. The van der Waals surface area contributed by atoms with Crippen LogP contribution in [0.1, 0.15) is 58.3 Å². The number of hydrogen-bond acceptors (Lipinski definition) is 5. The van der Waals surface area contributed by atoms with Crippen LogP contribution in [0.3, 0.4) is 0 Å². The van der Waals surface area contributed by atoms with Gasteiger partial charge in [0.15, 0.2) is 0 Å². The number of benzene rings is 3. The van der Waals surface area contributed by atoms with Crippen LogP contribution in [0.4, 0.5) is 4.39 Å². The summed E-state index contributed by atoms with van der Waals surface area (Å²) >= 11 is 0. The fraction of sp³-hybridized carbons (Fsp3) is 0.333. The van der Waals surface area contributed by atoms with Crippen LogP contribution in [0.25, 0.3) is 5.69 Å². The van der Waals surface area contributed by atoms with E-state index in [-0.39, 0.29) is 22.5 Å². The predicted molar refractivity (Wildman–Crippen MR) is 163 cm³/mol. The molecule has 0 saturated carbocycles. The van der Waals surface area contributed by atoms with E-state index in [0.29, 0.717) is 31.1 Å². The number of rotatable bonds is 8. The van der Waals surface area contributed by atoms with Crippen molar-refractivity contribution in [2.24, 2.45) is 0 Å². The molecule has 0 spiro atoms. The smallest absolute Gasteiger partial charge is 0.257 e. The Balaban J connectivity index is 1.20. The number of nitrogens with zero attached hydrogens (tertiary/aromatic N) is 4. The zero-order valence-corrected chi connectivity index (χ0v) is 25.0. The molecular formula is C33H36FN5O3S. The number of hydrogen-bond donors (Lipinski definition) is 1. The lowest BCUT2D eigenvalue weighted by Crippen LogP contribution is -2.34. The Labute approximate surface area is 252 Å². The average molecular weight is 602 g/mol. The molecule has 0 radical (unpaired) electrons. The van der Waals surface area contributed by atoms with Crippen LogP contribution < -0.4 is 4.72 Å². The highest BCUT2D eigenvalue weighted by Crippen LogP contribution is 2.35. The topological polar surface area (TPSA) is 87.5 Å². The lowest BCUT2D eigenvalue weighted by atomic mass is 9.90. The van der Waals surface area contributed by atoms with Crippen molar-refractivity contribution >= 4 is 15.9 Å². The SMILES string of the molecule is CNS(=O)(=O)c1ccc(CN2CCC(c3c(C(=O)N4CC[C@H](c5ccccc5)C4)cnn3-c3ccc(F)cc3)CC2)cc1. The average Bonchev–Trinajstić information content (AvgIpc) is 3.71. The number of nitrogens with one attached hydrogen (secondary N) is 1. The third kappa shape index (κ3) is 6.27. The summed E-state index contributed by atoms with van der Waals surface area (Å²) in [5.41, 5.74) is 4.55. The summed E-state index contributed by atoms with van der Waals surface area (Å²) in [6, 6.07) is 23.6. The molecule has 43 heavy (non-hydrogen) atoms. The highest BCUT2D eigenvalue weighted by molar-refractivity contribution is 7.89. The Morgan fingerprint density at radius 2 is 1.58 bits per heavy atom. The number of halogens is 1. The minimum absolute atomic E-state index is 0.000772. The number of carbonyl (C=O) groups excluding carboxylic acids is 1. The molecule has 0 bridgehead atoms. The van der Waals surface area contributed by atoms with E-state index in [2.05, 4.69) is 26.9 Å². The molecule has 1 amide bonds. The first-order chi connectivity index (χ1) is 20.8. The molecule has 0 aliphatic carbocycles. The Morgan fingerprint density at radius 3 is 2.26 bits per heavy atom. The summed E-state index contributed by atoms with van der Waals surface area (Å²) in [6.45, 7) is 3.74. The lowest BCUT2D eigenvalue weighted by Gasteiger charge is -2.33. The van der Waals surface area contributed by atoms with Gasteiger partial charge < -0.3 is 4.90 Å². The van der Waals surface area contributed by atoms with Gasteiger partial charge in [-0.3, -0.25) is 9.69 Å². The summed E-state index contributed by atoms with van der Waals surface area (Å²) in [7, 11) is -2.06. The van der Waals surface area contributed by atoms with Gasteiger partial charge in [0.25, 0.3) is 5.91 Å². The Hall–Kier alpha value is -3.86. The number of likely N-dealkylation sites (tertiary alicyclic amines) is 2. The molecule has 4 aromatic rings. The van der Waals surface area contributed by atoms with E-state index in [1.165, 1.54) is 24.7 Å². The number of sulfonamides is 1.